The van der Waals surface area contributed by atoms with Gasteiger partial charge in [0.2, 0.25) is 0 Å². The third-order valence-electron chi connectivity index (χ3n) is 3.96. The Balaban J connectivity index is 2.15. The quantitative estimate of drug-likeness (QED) is 0.800. The van der Waals surface area contributed by atoms with Crippen LogP contribution in [0.3, 0.4) is 0 Å². The molecule has 0 amide bonds. The van der Waals surface area contributed by atoms with Crippen molar-refractivity contribution in [2.75, 3.05) is 13.1 Å². The number of benzene rings is 1. The van der Waals surface area contributed by atoms with Gasteiger partial charge in [-0.15, -0.1) is 0 Å². The molecule has 1 aliphatic heterocycles. The lowest BCUT2D eigenvalue weighted by molar-refractivity contribution is 0.334. The number of piperidine rings is 1. The highest BCUT2D eigenvalue weighted by molar-refractivity contribution is 5.33. The molecule has 0 radical (unpaired) electrons. The van der Waals surface area contributed by atoms with E-state index in [0.29, 0.717) is 5.92 Å². The molecule has 1 fully saturated rings. The second kappa shape index (κ2) is 5.01. The van der Waals surface area contributed by atoms with E-state index in [0.717, 1.165) is 5.92 Å². The molecule has 0 saturated carbocycles. The van der Waals surface area contributed by atoms with E-state index in [9.17, 15) is 0 Å². The predicted molar refractivity (Wildman–Crippen MR) is 69.9 cm³/mol. The van der Waals surface area contributed by atoms with E-state index in [1.165, 1.54) is 37.1 Å². The van der Waals surface area contributed by atoms with Crippen molar-refractivity contribution in [2.45, 2.75) is 39.5 Å². The first-order chi connectivity index (χ1) is 7.68. The minimum Gasteiger partial charge on any atom is -0.316 e. The molecule has 0 aromatic heterocycles. The highest BCUT2D eigenvalue weighted by atomic mass is 14.9. The number of hydrogen-bond donors (Lipinski definition) is 1. The van der Waals surface area contributed by atoms with Crippen molar-refractivity contribution in [3.05, 3.63) is 34.9 Å². The van der Waals surface area contributed by atoms with Crippen LogP contribution in [-0.2, 0) is 0 Å². The lowest BCUT2D eigenvalue weighted by Gasteiger charge is -2.29. The second-order valence-corrected chi connectivity index (χ2v) is 5.26. The molecule has 16 heavy (non-hydrogen) atoms. The highest BCUT2D eigenvalue weighted by Crippen LogP contribution is 2.31. The fourth-order valence-corrected chi connectivity index (χ4v) is 2.90. The SMILES string of the molecule is Cc1ccc(C(C)C2CCCNC2)c(C)c1. The van der Waals surface area contributed by atoms with Gasteiger partial charge in [0.25, 0.3) is 0 Å². The fraction of sp³-hybridized carbons (Fsp3) is 0.600. The molecule has 88 valence electrons. The summed E-state index contributed by atoms with van der Waals surface area (Å²) in [4.78, 5) is 0. The lowest BCUT2D eigenvalue weighted by atomic mass is 9.81. The summed E-state index contributed by atoms with van der Waals surface area (Å²) in [6.07, 6.45) is 2.71. The summed E-state index contributed by atoms with van der Waals surface area (Å²) in [7, 11) is 0. The number of rotatable bonds is 2. The lowest BCUT2D eigenvalue weighted by Crippen LogP contribution is -2.32. The first-order valence-corrected chi connectivity index (χ1v) is 6.46. The van der Waals surface area contributed by atoms with E-state index >= 15 is 0 Å². The molecular formula is C15H23N. The summed E-state index contributed by atoms with van der Waals surface area (Å²) in [5, 5.41) is 3.52. The summed E-state index contributed by atoms with van der Waals surface area (Å²) in [6, 6.07) is 6.88. The molecule has 1 aliphatic rings. The maximum absolute atomic E-state index is 3.52. The van der Waals surface area contributed by atoms with Crippen LogP contribution in [0.15, 0.2) is 18.2 Å². The Morgan fingerprint density at radius 3 is 2.75 bits per heavy atom. The van der Waals surface area contributed by atoms with Gasteiger partial charge < -0.3 is 5.32 Å². The third kappa shape index (κ3) is 2.46. The van der Waals surface area contributed by atoms with E-state index in [-0.39, 0.29) is 0 Å². The van der Waals surface area contributed by atoms with Crippen LogP contribution in [0.1, 0.15) is 42.4 Å². The third-order valence-corrected chi connectivity index (χ3v) is 3.96. The maximum Gasteiger partial charge on any atom is -0.00148 e. The van der Waals surface area contributed by atoms with Gasteiger partial charge in [-0.3, -0.25) is 0 Å². The Hall–Kier alpha value is -0.820. The molecule has 1 heteroatoms. The Bertz CT molecular complexity index is 350. The van der Waals surface area contributed by atoms with Crippen molar-refractivity contribution in [3.8, 4) is 0 Å². The van der Waals surface area contributed by atoms with Gasteiger partial charge in [-0.2, -0.15) is 0 Å². The Kier molecular flexibility index (Phi) is 3.65. The fourth-order valence-electron chi connectivity index (χ4n) is 2.90. The molecule has 1 N–H and O–H groups in total. The molecule has 1 heterocycles. The summed E-state index contributed by atoms with van der Waals surface area (Å²) in [6.45, 7) is 9.19. The topological polar surface area (TPSA) is 12.0 Å². The monoisotopic (exact) mass is 217 g/mol. The minimum atomic E-state index is 0.688. The molecule has 1 saturated heterocycles. The van der Waals surface area contributed by atoms with Crippen molar-refractivity contribution < 1.29 is 0 Å². The van der Waals surface area contributed by atoms with Crippen LogP contribution in [0.4, 0.5) is 0 Å². The van der Waals surface area contributed by atoms with E-state index in [1.54, 1.807) is 5.56 Å². The van der Waals surface area contributed by atoms with Gasteiger partial charge in [-0.05, 0) is 62.7 Å². The number of aryl methyl sites for hydroxylation is 2. The molecule has 0 spiro atoms. The summed E-state index contributed by atoms with van der Waals surface area (Å²) in [5.74, 6) is 1.50. The van der Waals surface area contributed by atoms with Gasteiger partial charge in [-0.25, -0.2) is 0 Å². The van der Waals surface area contributed by atoms with E-state index < -0.39 is 0 Å². The van der Waals surface area contributed by atoms with Crippen LogP contribution in [0.25, 0.3) is 0 Å². The molecule has 2 atom stereocenters. The number of nitrogens with one attached hydrogen (secondary N) is 1. The van der Waals surface area contributed by atoms with Gasteiger partial charge in [0.15, 0.2) is 0 Å². The average molecular weight is 217 g/mol. The van der Waals surface area contributed by atoms with Crippen molar-refractivity contribution in [3.63, 3.8) is 0 Å². The van der Waals surface area contributed by atoms with Crippen LogP contribution in [0.5, 0.6) is 0 Å². The van der Waals surface area contributed by atoms with E-state index in [1.807, 2.05) is 0 Å². The smallest absolute Gasteiger partial charge is 0.00148 e. The van der Waals surface area contributed by atoms with Gasteiger partial charge in [0.05, 0.1) is 0 Å². The van der Waals surface area contributed by atoms with Crippen LogP contribution < -0.4 is 5.32 Å². The zero-order valence-corrected chi connectivity index (χ0v) is 10.7. The molecule has 1 nitrogen and oxygen atoms in total. The first-order valence-electron chi connectivity index (χ1n) is 6.46. The molecule has 0 bridgehead atoms. The van der Waals surface area contributed by atoms with Crippen molar-refractivity contribution >= 4 is 0 Å². The van der Waals surface area contributed by atoms with Gasteiger partial charge in [0.1, 0.15) is 0 Å². The molecule has 2 rings (SSSR count). The van der Waals surface area contributed by atoms with Gasteiger partial charge in [0, 0.05) is 0 Å². The normalized spacial score (nSPS) is 23.1. The van der Waals surface area contributed by atoms with E-state index in [2.05, 4.69) is 44.3 Å². The van der Waals surface area contributed by atoms with Crippen molar-refractivity contribution in [2.24, 2.45) is 5.92 Å². The standard InChI is InChI=1S/C15H23N/c1-11-6-7-15(12(2)9-11)13(3)14-5-4-8-16-10-14/h6-7,9,13-14,16H,4-5,8,10H2,1-3H3. The van der Waals surface area contributed by atoms with Crippen LogP contribution in [0.2, 0.25) is 0 Å². The van der Waals surface area contributed by atoms with E-state index in [4.69, 9.17) is 0 Å². The Morgan fingerprint density at radius 1 is 1.31 bits per heavy atom. The maximum atomic E-state index is 3.52. The average Bonchev–Trinajstić information content (AvgIpc) is 2.29. The minimum absolute atomic E-state index is 0.688. The van der Waals surface area contributed by atoms with Gasteiger partial charge >= 0.3 is 0 Å². The Morgan fingerprint density at radius 2 is 2.12 bits per heavy atom. The van der Waals surface area contributed by atoms with Crippen LogP contribution >= 0.6 is 0 Å². The van der Waals surface area contributed by atoms with Crippen LogP contribution in [-0.4, -0.2) is 13.1 Å². The zero-order valence-electron chi connectivity index (χ0n) is 10.7. The summed E-state index contributed by atoms with van der Waals surface area (Å²) >= 11 is 0. The van der Waals surface area contributed by atoms with Crippen molar-refractivity contribution in [1.29, 1.82) is 0 Å². The van der Waals surface area contributed by atoms with Crippen molar-refractivity contribution in [1.82, 2.24) is 5.32 Å². The zero-order chi connectivity index (χ0) is 11.5. The number of hydrogen-bond acceptors (Lipinski definition) is 1. The van der Waals surface area contributed by atoms with Gasteiger partial charge in [-0.1, -0.05) is 30.7 Å². The first kappa shape index (κ1) is 11.7. The predicted octanol–water partition coefficient (Wildman–Crippen LogP) is 3.41. The Labute approximate surface area is 99.3 Å². The highest BCUT2D eigenvalue weighted by Gasteiger charge is 2.21. The summed E-state index contributed by atoms with van der Waals surface area (Å²) < 4.78 is 0. The molecular weight excluding hydrogens is 194 g/mol. The van der Waals surface area contributed by atoms with Crippen LogP contribution in [0, 0.1) is 19.8 Å². The molecule has 1 aromatic rings. The summed E-state index contributed by atoms with van der Waals surface area (Å²) in [5.41, 5.74) is 4.37. The molecule has 0 aliphatic carbocycles. The second-order valence-electron chi connectivity index (χ2n) is 5.26. The largest absolute Gasteiger partial charge is 0.316 e. The molecule has 1 aromatic carbocycles. The molecule has 2 unspecified atom stereocenters.